The Morgan fingerprint density at radius 3 is 2.48 bits per heavy atom. The number of halogens is 1. The molecule has 0 heterocycles. The van der Waals surface area contributed by atoms with E-state index in [4.69, 9.17) is 10.5 Å². The van der Waals surface area contributed by atoms with Crippen molar-refractivity contribution in [3.8, 4) is 0 Å². The molecular weight excluding hydrogens is 386 g/mol. The zero-order valence-corrected chi connectivity index (χ0v) is 15.7. The summed E-state index contributed by atoms with van der Waals surface area (Å²) in [6.45, 7) is 0.00366. The molecule has 25 heavy (non-hydrogen) atoms. The van der Waals surface area contributed by atoms with Crippen molar-refractivity contribution in [3.05, 3.63) is 58.1 Å². The lowest BCUT2D eigenvalue weighted by atomic mass is 10.2. The van der Waals surface area contributed by atoms with Gasteiger partial charge in [-0.15, -0.1) is 0 Å². The molecule has 0 bridgehead atoms. The van der Waals surface area contributed by atoms with Crippen molar-refractivity contribution in [2.45, 2.75) is 6.54 Å². The van der Waals surface area contributed by atoms with Crippen LogP contribution in [0.15, 0.2) is 46.9 Å². The van der Waals surface area contributed by atoms with E-state index in [2.05, 4.69) is 21.2 Å². The van der Waals surface area contributed by atoms with E-state index in [1.165, 1.54) is 0 Å². The van der Waals surface area contributed by atoms with Crippen LogP contribution in [0.25, 0.3) is 0 Å². The zero-order chi connectivity index (χ0) is 18.4. The lowest BCUT2D eigenvalue weighted by molar-refractivity contribution is -0.124. The predicted molar refractivity (Wildman–Crippen MR) is 101 cm³/mol. The summed E-state index contributed by atoms with van der Waals surface area (Å²) in [4.78, 5) is 25.8. The van der Waals surface area contributed by atoms with Crippen LogP contribution in [-0.4, -0.2) is 32.6 Å². The highest BCUT2D eigenvalue weighted by Crippen LogP contribution is 2.19. The second-order valence-electron chi connectivity index (χ2n) is 5.65. The van der Waals surface area contributed by atoms with Crippen LogP contribution in [0.3, 0.4) is 0 Å². The summed E-state index contributed by atoms with van der Waals surface area (Å²) in [5.41, 5.74) is 8.30. The minimum absolute atomic E-state index is 0.224. The first-order chi connectivity index (χ1) is 11.9. The molecule has 3 N–H and O–H groups in total. The molecule has 0 atom stereocenters. The van der Waals surface area contributed by atoms with Crippen LogP contribution in [0.4, 0.5) is 11.4 Å². The molecule has 2 aromatic carbocycles. The minimum Gasteiger partial charge on any atom is -0.452 e. The number of esters is 1. The van der Waals surface area contributed by atoms with Crippen molar-refractivity contribution in [2.75, 3.05) is 31.3 Å². The average Bonchev–Trinajstić information content (AvgIpc) is 2.60. The molecule has 0 saturated carbocycles. The van der Waals surface area contributed by atoms with Gasteiger partial charge in [0.2, 0.25) is 0 Å². The maximum atomic E-state index is 12.0. The molecule has 0 aromatic heterocycles. The van der Waals surface area contributed by atoms with E-state index in [0.29, 0.717) is 16.7 Å². The molecule has 0 radical (unpaired) electrons. The van der Waals surface area contributed by atoms with Crippen molar-refractivity contribution < 1.29 is 14.3 Å². The number of nitrogen functional groups attached to an aromatic ring is 1. The third kappa shape index (κ3) is 5.49. The molecular formula is C18H20BrN3O3. The average molecular weight is 406 g/mol. The molecule has 0 aliphatic rings. The molecule has 7 heteroatoms. The number of nitrogens with one attached hydrogen (secondary N) is 1. The molecule has 6 nitrogen and oxygen atoms in total. The molecule has 0 saturated heterocycles. The maximum absolute atomic E-state index is 12.0. The molecule has 0 fully saturated rings. The van der Waals surface area contributed by atoms with E-state index in [1.54, 1.807) is 18.2 Å². The summed E-state index contributed by atoms with van der Waals surface area (Å²) in [5, 5.41) is 2.71. The number of hydrogen-bond acceptors (Lipinski definition) is 5. The smallest absolute Gasteiger partial charge is 0.340 e. The van der Waals surface area contributed by atoms with E-state index in [0.717, 1.165) is 11.3 Å². The molecule has 2 aromatic rings. The molecule has 0 spiro atoms. The number of ether oxygens (including phenoxy) is 1. The van der Waals surface area contributed by atoms with Crippen molar-refractivity contribution >= 4 is 39.2 Å². The first kappa shape index (κ1) is 18.8. The maximum Gasteiger partial charge on any atom is 0.340 e. The summed E-state index contributed by atoms with van der Waals surface area (Å²) in [5.74, 6) is -1.01. The fourth-order valence-corrected chi connectivity index (χ4v) is 2.44. The van der Waals surface area contributed by atoms with Gasteiger partial charge in [0, 0.05) is 36.5 Å². The van der Waals surface area contributed by atoms with E-state index < -0.39 is 5.97 Å². The quantitative estimate of drug-likeness (QED) is 0.569. The van der Waals surface area contributed by atoms with Gasteiger partial charge in [0.05, 0.1) is 5.56 Å². The predicted octanol–water partition coefficient (Wildman–Crippen LogP) is 2.57. The summed E-state index contributed by atoms with van der Waals surface area (Å²) in [6, 6.07) is 12.7. The molecule has 0 aliphatic carbocycles. The Morgan fingerprint density at radius 2 is 1.84 bits per heavy atom. The van der Waals surface area contributed by atoms with Gasteiger partial charge < -0.3 is 20.7 Å². The van der Waals surface area contributed by atoms with E-state index in [-0.39, 0.29) is 18.1 Å². The Morgan fingerprint density at radius 1 is 1.16 bits per heavy atom. The Balaban J connectivity index is 1.82. The van der Waals surface area contributed by atoms with Gasteiger partial charge in [-0.1, -0.05) is 28.1 Å². The number of nitrogens with two attached hydrogens (primary N) is 1. The van der Waals surface area contributed by atoms with Gasteiger partial charge in [-0.05, 0) is 35.9 Å². The third-order valence-electron chi connectivity index (χ3n) is 3.51. The zero-order valence-electron chi connectivity index (χ0n) is 14.1. The van der Waals surface area contributed by atoms with Crippen LogP contribution >= 0.6 is 15.9 Å². The van der Waals surface area contributed by atoms with Gasteiger partial charge in [-0.2, -0.15) is 0 Å². The van der Waals surface area contributed by atoms with E-state index >= 15 is 0 Å². The second kappa shape index (κ2) is 8.53. The van der Waals surface area contributed by atoms with Gasteiger partial charge in [0.25, 0.3) is 5.91 Å². The number of rotatable bonds is 6. The third-order valence-corrected chi connectivity index (χ3v) is 4.01. The first-order valence-corrected chi connectivity index (χ1v) is 8.41. The van der Waals surface area contributed by atoms with Crippen molar-refractivity contribution in [2.24, 2.45) is 0 Å². The van der Waals surface area contributed by atoms with Crippen molar-refractivity contribution in [1.29, 1.82) is 0 Å². The van der Waals surface area contributed by atoms with Crippen LogP contribution in [0.5, 0.6) is 0 Å². The monoisotopic (exact) mass is 405 g/mol. The first-order valence-electron chi connectivity index (χ1n) is 7.62. The lowest BCUT2D eigenvalue weighted by Gasteiger charge is -2.13. The van der Waals surface area contributed by atoms with Gasteiger partial charge in [-0.25, -0.2) is 4.79 Å². The molecule has 1 amide bonds. The largest absolute Gasteiger partial charge is 0.452 e. The number of nitrogens with zero attached hydrogens (tertiary/aromatic N) is 1. The molecule has 0 aliphatic heterocycles. The van der Waals surface area contributed by atoms with E-state index in [1.807, 2.05) is 43.3 Å². The van der Waals surface area contributed by atoms with Crippen molar-refractivity contribution in [1.82, 2.24) is 5.32 Å². The highest BCUT2D eigenvalue weighted by Gasteiger charge is 2.13. The summed E-state index contributed by atoms with van der Waals surface area (Å²) in [6.07, 6.45) is 0. The van der Waals surface area contributed by atoms with Gasteiger partial charge in [0.15, 0.2) is 6.61 Å². The van der Waals surface area contributed by atoms with Crippen LogP contribution in [0.2, 0.25) is 0 Å². The number of hydrogen-bond donors (Lipinski definition) is 2. The van der Waals surface area contributed by atoms with Gasteiger partial charge >= 0.3 is 5.97 Å². The number of anilines is 2. The topological polar surface area (TPSA) is 84.7 Å². The van der Waals surface area contributed by atoms with Gasteiger partial charge in [0.1, 0.15) is 0 Å². The highest BCUT2D eigenvalue weighted by molar-refractivity contribution is 9.10. The summed E-state index contributed by atoms with van der Waals surface area (Å²) < 4.78 is 5.71. The molecule has 0 unspecified atom stereocenters. The number of carbonyl (C=O) groups is 2. The Labute approximate surface area is 155 Å². The number of amides is 1. The second-order valence-corrected chi connectivity index (χ2v) is 6.56. The van der Waals surface area contributed by atoms with E-state index in [9.17, 15) is 9.59 Å². The van der Waals surface area contributed by atoms with Crippen LogP contribution in [0.1, 0.15) is 15.9 Å². The highest BCUT2D eigenvalue weighted by atomic mass is 79.9. The lowest BCUT2D eigenvalue weighted by Crippen LogP contribution is -2.28. The standard InChI is InChI=1S/C18H20BrN3O3/c1-22(2)14-6-3-12(4-7-14)10-21-17(23)11-25-18(24)15-9-13(19)5-8-16(15)20/h3-9H,10-11,20H2,1-2H3,(H,21,23). The Hall–Kier alpha value is -2.54. The summed E-state index contributed by atoms with van der Waals surface area (Å²) in [7, 11) is 3.92. The molecule has 2 rings (SSSR count). The van der Waals surface area contributed by atoms with Crippen LogP contribution in [0, 0.1) is 0 Å². The number of benzene rings is 2. The SMILES string of the molecule is CN(C)c1ccc(CNC(=O)COC(=O)c2cc(Br)ccc2N)cc1. The van der Waals surface area contributed by atoms with Gasteiger partial charge in [-0.3, -0.25) is 4.79 Å². The normalized spacial score (nSPS) is 10.2. The Kier molecular flexibility index (Phi) is 6.41. The Bertz CT molecular complexity index is 761. The van der Waals surface area contributed by atoms with Crippen LogP contribution < -0.4 is 16.0 Å². The summed E-state index contributed by atoms with van der Waals surface area (Å²) >= 11 is 3.26. The fraction of sp³-hybridized carbons (Fsp3) is 0.222. The fourth-order valence-electron chi connectivity index (χ4n) is 2.08. The minimum atomic E-state index is -0.635. The van der Waals surface area contributed by atoms with Crippen LogP contribution in [-0.2, 0) is 16.1 Å². The molecule has 132 valence electrons. The van der Waals surface area contributed by atoms with Crippen molar-refractivity contribution in [3.63, 3.8) is 0 Å². The number of carbonyl (C=O) groups excluding carboxylic acids is 2.